The van der Waals surface area contributed by atoms with Crippen LogP contribution in [0.15, 0.2) is 18.5 Å². The molecule has 1 amide bonds. The van der Waals surface area contributed by atoms with Gasteiger partial charge in [-0.1, -0.05) is 0 Å². The molecule has 0 aliphatic heterocycles. The predicted octanol–water partition coefficient (Wildman–Crippen LogP) is 1.39. The number of hydrogen-bond donors (Lipinski definition) is 2. The van der Waals surface area contributed by atoms with E-state index in [2.05, 4.69) is 25.5 Å². The van der Waals surface area contributed by atoms with Crippen LogP contribution in [0.1, 0.15) is 23.4 Å². The minimum Gasteiger partial charge on any atom is -0.295 e. The lowest BCUT2D eigenvalue weighted by molar-refractivity contribution is -0.116. The van der Waals surface area contributed by atoms with E-state index in [1.54, 1.807) is 18.5 Å². The van der Waals surface area contributed by atoms with E-state index in [0.717, 1.165) is 17.0 Å². The first-order valence-corrected chi connectivity index (χ1v) is 5.74. The Kier molecular flexibility index (Phi) is 3.66. The summed E-state index contributed by atoms with van der Waals surface area (Å²) in [6.07, 6.45) is 4.23. The summed E-state index contributed by atoms with van der Waals surface area (Å²) in [7, 11) is 0. The third kappa shape index (κ3) is 2.91. The maximum atomic E-state index is 11.7. The monoisotopic (exact) mass is 245 g/mol. The van der Waals surface area contributed by atoms with Crippen molar-refractivity contribution in [3.05, 3.63) is 35.4 Å². The predicted molar refractivity (Wildman–Crippen MR) is 67.0 cm³/mol. The number of anilines is 1. The molecule has 0 aliphatic carbocycles. The van der Waals surface area contributed by atoms with Crippen molar-refractivity contribution in [1.82, 2.24) is 20.2 Å². The number of aryl methyl sites for hydroxylation is 2. The van der Waals surface area contributed by atoms with Crippen molar-refractivity contribution in [2.75, 3.05) is 5.32 Å². The summed E-state index contributed by atoms with van der Waals surface area (Å²) in [6.45, 7) is 3.88. The third-order valence-corrected chi connectivity index (χ3v) is 2.70. The molecule has 6 heteroatoms. The molecular weight excluding hydrogens is 230 g/mol. The summed E-state index contributed by atoms with van der Waals surface area (Å²) in [5.74, 6) is 0.240. The molecule has 0 bridgehead atoms. The number of hydrogen-bond acceptors (Lipinski definition) is 4. The van der Waals surface area contributed by atoms with Crippen molar-refractivity contribution < 1.29 is 4.79 Å². The number of amides is 1. The average molecular weight is 245 g/mol. The Hall–Kier alpha value is -2.24. The number of aromatic nitrogens is 4. The number of aromatic amines is 1. The second-order valence-electron chi connectivity index (χ2n) is 4.03. The van der Waals surface area contributed by atoms with Crippen LogP contribution in [-0.4, -0.2) is 26.1 Å². The standard InChI is InChI=1S/C12H15N5O/c1-8-10(9(2)17-16-8)4-5-11(18)15-12-13-6-3-7-14-12/h3,6-7H,4-5H2,1-2H3,(H,16,17)(H,13,14,15,18). The number of carbonyl (C=O) groups is 1. The normalized spacial score (nSPS) is 10.3. The molecular formula is C12H15N5O. The van der Waals surface area contributed by atoms with E-state index >= 15 is 0 Å². The van der Waals surface area contributed by atoms with Crippen LogP contribution >= 0.6 is 0 Å². The lowest BCUT2D eigenvalue weighted by atomic mass is 10.1. The van der Waals surface area contributed by atoms with Crippen molar-refractivity contribution in [2.45, 2.75) is 26.7 Å². The Morgan fingerprint density at radius 1 is 1.33 bits per heavy atom. The second kappa shape index (κ2) is 5.39. The van der Waals surface area contributed by atoms with E-state index < -0.39 is 0 Å². The molecule has 0 aliphatic rings. The van der Waals surface area contributed by atoms with Crippen LogP contribution in [-0.2, 0) is 11.2 Å². The Bertz CT molecular complexity index is 515. The lowest BCUT2D eigenvalue weighted by Crippen LogP contribution is -2.14. The zero-order valence-electron chi connectivity index (χ0n) is 10.4. The Morgan fingerprint density at radius 3 is 2.67 bits per heavy atom. The number of rotatable bonds is 4. The van der Waals surface area contributed by atoms with Gasteiger partial charge in [0, 0.05) is 24.5 Å². The van der Waals surface area contributed by atoms with E-state index in [4.69, 9.17) is 0 Å². The van der Waals surface area contributed by atoms with Gasteiger partial charge in [-0.05, 0) is 31.9 Å². The van der Waals surface area contributed by atoms with Gasteiger partial charge in [0.1, 0.15) is 0 Å². The van der Waals surface area contributed by atoms with Crippen LogP contribution in [0.5, 0.6) is 0 Å². The number of carbonyl (C=O) groups excluding carboxylic acids is 1. The Balaban J connectivity index is 1.89. The highest BCUT2D eigenvalue weighted by Crippen LogP contribution is 2.12. The largest absolute Gasteiger partial charge is 0.295 e. The molecule has 2 aromatic heterocycles. The molecule has 0 fully saturated rings. The van der Waals surface area contributed by atoms with Gasteiger partial charge in [0.05, 0.1) is 5.69 Å². The van der Waals surface area contributed by atoms with E-state index in [-0.39, 0.29) is 5.91 Å². The van der Waals surface area contributed by atoms with Crippen molar-refractivity contribution in [3.8, 4) is 0 Å². The fourth-order valence-electron chi connectivity index (χ4n) is 1.73. The molecule has 0 spiro atoms. The Morgan fingerprint density at radius 2 is 2.06 bits per heavy atom. The van der Waals surface area contributed by atoms with E-state index in [1.165, 1.54) is 0 Å². The van der Waals surface area contributed by atoms with Crippen LogP contribution in [0.4, 0.5) is 5.95 Å². The van der Waals surface area contributed by atoms with Gasteiger partial charge in [0.2, 0.25) is 11.9 Å². The topological polar surface area (TPSA) is 83.6 Å². The highest BCUT2D eigenvalue weighted by molar-refractivity contribution is 5.89. The van der Waals surface area contributed by atoms with Crippen LogP contribution in [0.25, 0.3) is 0 Å². The van der Waals surface area contributed by atoms with Crippen molar-refractivity contribution >= 4 is 11.9 Å². The maximum absolute atomic E-state index is 11.7. The summed E-state index contributed by atoms with van der Waals surface area (Å²) in [5.41, 5.74) is 3.05. The van der Waals surface area contributed by atoms with Gasteiger partial charge < -0.3 is 0 Å². The molecule has 0 unspecified atom stereocenters. The molecule has 2 N–H and O–H groups in total. The van der Waals surface area contributed by atoms with Crippen molar-refractivity contribution in [2.24, 2.45) is 0 Å². The van der Waals surface area contributed by atoms with Gasteiger partial charge in [-0.25, -0.2) is 9.97 Å². The summed E-state index contributed by atoms with van der Waals surface area (Å²) < 4.78 is 0. The smallest absolute Gasteiger partial charge is 0.229 e. The van der Waals surface area contributed by atoms with E-state index in [1.807, 2.05) is 13.8 Å². The molecule has 0 atom stereocenters. The Labute approximate surface area is 105 Å². The molecule has 2 rings (SSSR count). The molecule has 6 nitrogen and oxygen atoms in total. The lowest BCUT2D eigenvalue weighted by Gasteiger charge is -2.03. The molecule has 0 radical (unpaired) electrons. The second-order valence-corrected chi connectivity index (χ2v) is 4.03. The zero-order chi connectivity index (χ0) is 13.0. The van der Waals surface area contributed by atoms with Gasteiger partial charge in [0.15, 0.2) is 0 Å². The molecule has 94 valence electrons. The van der Waals surface area contributed by atoms with Gasteiger partial charge in [-0.3, -0.25) is 15.2 Å². The highest BCUT2D eigenvalue weighted by atomic mass is 16.1. The SMILES string of the molecule is Cc1n[nH]c(C)c1CCC(=O)Nc1ncccn1. The average Bonchev–Trinajstić information content (AvgIpc) is 2.68. The molecule has 2 aromatic rings. The van der Waals surface area contributed by atoms with Crippen LogP contribution in [0, 0.1) is 13.8 Å². The van der Waals surface area contributed by atoms with Crippen molar-refractivity contribution in [3.63, 3.8) is 0 Å². The molecule has 0 saturated carbocycles. The summed E-state index contributed by atoms with van der Waals surface area (Å²) in [6, 6.07) is 1.70. The third-order valence-electron chi connectivity index (χ3n) is 2.70. The highest BCUT2D eigenvalue weighted by Gasteiger charge is 2.09. The quantitative estimate of drug-likeness (QED) is 0.852. The van der Waals surface area contributed by atoms with Crippen LogP contribution in [0.3, 0.4) is 0 Å². The number of nitrogens with one attached hydrogen (secondary N) is 2. The number of H-pyrrole nitrogens is 1. The zero-order valence-corrected chi connectivity index (χ0v) is 10.4. The maximum Gasteiger partial charge on any atom is 0.229 e. The minimum atomic E-state index is -0.0961. The number of nitrogens with zero attached hydrogens (tertiary/aromatic N) is 3. The van der Waals surface area contributed by atoms with E-state index in [9.17, 15) is 4.79 Å². The summed E-state index contributed by atoms with van der Waals surface area (Å²) in [5, 5.41) is 9.65. The van der Waals surface area contributed by atoms with Crippen molar-refractivity contribution in [1.29, 1.82) is 0 Å². The summed E-state index contributed by atoms with van der Waals surface area (Å²) in [4.78, 5) is 19.6. The first kappa shape index (κ1) is 12.2. The first-order valence-electron chi connectivity index (χ1n) is 5.74. The molecule has 0 aromatic carbocycles. The first-order chi connectivity index (χ1) is 8.66. The minimum absolute atomic E-state index is 0.0961. The van der Waals surface area contributed by atoms with Gasteiger partial charge >= 0.3 is 0 Å². The molecule has 2 heterocycles. The summed E-state index contributed by atoms with van der Waals surface area (Å²) >= 11 is 0. The fraction of sp³-hybridized carbons (Fsp3) is 0.333. The van der Waals surface area contributed by atoms with Gasteiger partial charge in [-0.15, -0.1) is 0 Å². The van der Waals surface area contributed by atoms with Gasteiger partial charge in [-0.2, -0.15) is 5.10 Å². The molecule has 18 heavy (non-hydrogen) atoms. The van der Waals surface area contributed by atoms with E-state index in [0.29, 0.717) is 18.8 Å². The van der Waals surface area contributed by atoms with Crippen LogP contribution < -0.4 is 5.32 Å². The fourth-order valence-corrected chi connectivity index (χ4v) is 1.73. The molecule has 0 saturated heterocycles. The van der Waals surface area contributed by atoms with Gasteiger partial charge in [0.25, 0.3) is 0 Å². The van der Waals surface area contributed by atoms with Crippen LogP contribution in [0.2, 0.25) is 0 Å².